The van der Waals surface area contributed by atoms with Gasteiger partial charge in [0, 0.05) is 61.2 Å². The Balaban J connectivity index is 1.21. The molecule has 2 aliphatic rings. The molecule has 0 spiro atoms. The highest BCUT2D eigenvalue weighted by Gasteiger charge is 2.30. The van der Waals surface area contributed by atoms with Crippen LogP contribution in [0.1, 0.15) is 59.2 Å². The summed E-state index contributed by atoms with van der Waals surface area (Å²) in [5.41, 5.74) is 8.74. The van der Waals surface area contributed by atoms with Crippen molar-refractivity contribution in [3.8, 4) is 16.9 Å². The number of hydrogen-bond donors (Lipinski definition) is 2. The fourth-order valence-corrected chi connectivity index (χ4v) is 5.26. The van der Waals surface area contributed by atoms with Crippen molar-refractivity contribution in [2.45, 2.75) is 44.6 Å². The molecule has 37 heavy (non-hydrogen) atoms. The van der Waals surface area contributed by atoms with Crippen LogP contribution < -0.4 is 15.8 Å². The number of nitrogens with two attached hydrogens (primary N) is 1. The summed E-state index contributed by atoms with van der Waals surface area (Å²) in [5.74, 6) is 0.877. The number of nitrogens with one attached hydrogen (secondary N) is 1. The van der Waals surface area contributed by atoms with Crippen LogP contribution in [0.4, 0.5) is 5.82 Å². The van der Waals surface area contributed by atoms with Crippen LogP contribution in [0, 0.1) is 5.92 Å². The molecule has 9 heteroatoms. The number of carbonyl (C=O) groups is 2. The molecule has 3 heterocycles. The third-order valence-electron chi connectivity index (χ3n) is 7.37. The third-order valence-corrected chi connectivity index (χ3v) is 7.37. The molecule has 3 N–H and O–H groups in total. The van der Waals surface area contributed by atoms with Gasteiger partial charge in [0.25, 0.3) is 11.8 Å². The summed E-state index contributed by atoms with van der Waals surface area (Å²) in [7, 11) is 1.84. The first-order valence-electron chi connectivity index (χ1n) is 13.1. The molecule has 2 aromatic heterocycles. The normalized spacial score (nSPS) is 19.5. The molecule has 1 aliphatic carbocycles. The topological polar surface area (TPSA) is 115 Å². The Labute approximate surface area is 217 Å². The smallest absolute Gasteiger partial charge is 0.255 e. The van der Waals surface area contributed by atoms with Gasteiger partial charge in [-0.25, -0.2) is 4.98 Å². The summed E-state index contributed by atoms with van der Waals surface area (Å²) in [6.07, 6.45) is 11.4. The molecular weight excluding hydrogens is 468 g/mol. The van der Waals surface area contributed by atoms with Crippen molar-refractivity contribution in [3.05, 3.63) is 60.0 Å². The third kappa shape index (κ3) is 5.76. The predicted molar refractivity (Wildman–Crippen MR) is 141 cm³/mol. The SMILES string of the molecule is Cn1cc(-c2cnc(N)c(C(=O)N[C@H]3CCC[C@@H]3COc3cccc(C(=O)N4CCCCC4)c3)c2)cn1. The number of aryl methyl sites for hydroxylation is 1. The number of nitrogens with zero attached hydrogens (tertiary/aromatic N) is 4. The Morgan fingerprint density at radius 1 is 1.08 bits per heavy atom. The van der Waals surface area contributed by atoms with E-state index < -0.39 is 0 Å². The minimum Gasteiger partial charge on any atom is -0.493 e. The molecule has 0 unspecified atom stereocenters. The second-order valence-corrected chi connectivity index (χ2v) is 10.0. The van der Waals surface area contributed by atoms with E-state index in [2.05, 4.69) is 15.4 Å². The van der Waals surface area contributed by atoms with Crippen molar-refractivity contribution in [1.82, 2.24) is 25.0 Å². The second-order valence-electron chi connectivity index (χ2n) is 10.0. The summed E-state index contributed by atoms with van der Waals surface area (Å²) in [5, 5.41) is 7.35. The zero-order valence-electron chi connectivity index (χ0n) is 21.2. The number of carbonyl (C=O) groups excluding carboxylic acids is 2. The number of rotatable bonds is 7. The number of amides is 2. The first-order valence-corrected chi connectivity index (χ1v) is 13.1. The predicted octanol–water partition coefficient (Wildman–Crippen LogP) is 3.67. The number of piperidine rings is 1. The maximum Gasteiger partial charge on any atom is 0.255 e. The van der Waals surface area contributed by atoms with E-state index in [0.717, 1.165) is 56.3 Å². The molecule has 2 fully saturated rings. The minimum atomic E-state index is -0.234. The van der Waals surface area contributed by atoms with Gasteiger partial charge in [0.05, 0.1) is 18.4 Å². The lowest BCUT2D eigenvalue weighted by atomic mass is 10.0. The second kappa shape index (κ2) is 11.0. The molecule has 2 atom stereocenters. The van der Waals surface area contributed by atoms with E-state index in [4.69, 9.17) is 10.5 Å². The van der Waals surface area contributed by atoms with E-state index in [1.54, 1.807) is 23.1 Å². The molecule has 1 saturated heterocycles. The van der Waals surface area contributed by atoms with E-state index in [1.807, 2.05) is 42.4 Å². The maximum absolute atomic E-state index is 13.2. The van der Waals surface area contributed by atoms with E-state index in [0.29, 0.717) is 23.5 Å². The molecule has 1 aliphatic heterocycles. The number of ether oxygens (including phenoxy) is 1. The molecule has 5 rings (SSSR count). The van der Waals surface area contributed by atoms with Gasteiger partial charge in [-0.15, -0.1) is 0 Å². The van der Waals surface area contributed by atoms with Crippen LogP contribution in [0.15, 0.2) is 48.9 Å². The van der Waals surface area contributed by atoms with Crippen LogP contribution in [0.5, 0.6) is 5.75 Å². The summed E-state index contributed by atoms with van der Waals surface area (Å²) < 4.78 is 7.82. The van der Waals surface area contributed by atoms with Crippen molar-refractivity contribution in [3.63, 3.8) is 0 Å². The summed E-state index contributed by atoms with van der Waals surface area (Å²) >= 11 is 0. The molecule has 1 aromatic carbocycles. The highest BCUT2D eigenvalue weighted by atomic mass is 16.5. The number of pyridine rings is 1. The Bertz CT molecular complexity index is 1270. The lowest BCUT2D eigenvalue weighted by Crippen LogP contribution is -2.39. The number of aromatic nitrogens is 3. The lowest BCUT2D eigenvalue weighted by Gasteiger charge is -2.27. The Morgan fingerprint density at radius 3 is 2.70 bits per heavy atom. The molecular formula is C28H34N6O3. The van der Waals surface area contributed by atoms with Gasteiger partial charge < -0.3 is 20.7 Å². The van der Waals surface area contributed by atoms with Crippen LogP contribution in [-0.2, 0) is 7.05 Å². The summed E-state index contributed by atoms with van der Waals surface area (Å²) in [6, 6.07) is 9.17. The highest BCUT2D eigenvalue weighted by molar-refractivity contribution is 5.99. The number of hydrogen-bond acceptors (Lipinski definition) is 6. The number of likely N-dealkylation sites (tertiary alicyclic amines) is 1. The highest BCUT2D eigenvalue weighted by Crippen LogP contribution is 2.28. The van der Waals surface area contributed by atoms with Gasteiger partial charge in [-0.1, -0.05) is 12.5 Å². The minimum absolute atomic E-state index is 0.0212. The van der Waals surface area contributed by atoms with Crippen LogP contribution in [0.25, 0.3) is 11.1 Å². The Morgan fingerprint density at radius 2 is 1.92 bits per heavy atom. The van der Waals surface area contributed by atoms with Crippen LogP contribution in [0.2, 0.25) is 0 Å². The van der Waals surface area contributed by atoms with Gasteiger partial charge >= 0.3 is 0 Å². The molecule has 0 radical (unpaired) electrons. The molecule has 9 nitrogen and oxygen atoms in total. The average Bonchev–Trinajstić information content (AvgIpc) is 3.56. The van der Waals surface area contributed by atoms with Crippen molar-refractivity contribution in [2.75, 3.05) is 25.4 Å². The molecule has 2 amide bonds. The van der Waals surface area contributed by atoms with Crippen LogP contribution in [0.3, 0.4) is 0 Å². The van der Waals surface area contributed by atoms with Crippen molar-refractivity contribution in [2.24, 2.45) is 13.0 Å². The maximum atomic E-state index is 13.2. The zero-order valence-corrected chi connectivity index (χ0v) is 21.2. The van der Waals surface area contributed by atoms with Gasteiger partial charge in [-0.3, -0.25) is 14.3 Å². The average molecular weight is 503 g/mol. The van der Waals surface area contributed by atoms with Gasteiger partial charge in [0.1, 0.15) is 11.6 Å². The fourth-order valence-electron chi connectivity index (χ4n) is 5.26. The fraction of sp³-hybridized carbons (Fsp3) is 0.429. The van der Waals surface area contributed by atoms with Gasteiger partial charge in [-0.05, 0) is 56.4 Å². The Kier molecular flexibility index (Phi) is 7.39. The standard InChI is InChI=1S/C28H34N6O3/c1-33-17-22(16-31-33)21-14-24(26(29)30-15-21)27(35)32-25-10-6-8-20(25)18-37-23-9-5-7-19(13-23)28(36)34-11-3-2-4-12-34/h5,7,9,13-17,20,25H,2-4,6,8,10-12,18H2,1H3,(H2,29,30)(H,32,35)/t20-,25+/m1/s1. The molecule has 1 saturated carbocycles. The van der Waals surface area contributed by atoms with E-state index in [-0.39, 0.29) is 29.6 Å². The van der Waals surface area contributed by atoms with Gasteiger partial charge in [-0.2, -0.15) is 5.10 Å². The van der Waals surface area contributed by atoms with Crippen LogP contribution in [-0.4, -0.2) is 57.2 Å². The molecule has 194 valence electrons. The van der Waals surface area contributed by atoms with Crippen molar-refractivity contribution >= 4 is 17.6 Å². The van der Waals surface area contributed by atoms with Crippen molar-refractivity contribution < 1.29 is 14.3 Å². The number of anilines is 1. The monoisotopic (exact) mass is 502 g/mol. The summed E-state index contributed by atoms with van der Waals surface area (Å²) in [4.78, 5) is 32.2. The van der Waals surface area contributed by atoms with Crippen molar-refractivity contribution in [1.29, 1.82) is 0 Å². The molecule has 3 aromatic rings. The van der Waals surface area contributed by atoms with E-state index >= 15 is 0 Å². The zero-order chi connectivity index (χ0) is 25.8. The lowest BCUT2D eigenvalue weighted by molar-refractivity contribution is 0.0723. The van der Waals surface area contributed by atoms with E-state index in [9.17, 15) is 9.59 Å². The van der Waals surface area contributed by atoms with E-state index in [1.165, 1.54) is 6.42 Å². The van der Waals surface area contributed by atoms with Gasteiger partial charge in [0.2, 0.25) is 0 Å². The van der Waals surface area contributed by atoms with Gasteiger partial charge in [0.15, 0.2) is 0 Å². The largest absolute Gasteiger partial charge is 0.493 e. The first kappa shape index (κ1) is 24.8. The number of benzene rings is 1. The quantitative estimate of drug-likeness (QED) is 0.509. The molecule has 0 bridgehead atoms. The summed E-state index contributed by atoms with van der Waals surface area (Å²) in [6.45, 7) is 2.10. The van der Waals surface area contributed by atoms with Crippen LogP contribution >= 0.6 is 0 Å². The first-order chi connectivity index (χ1) is 18.0. The Hall–Kier alpha value is -3.88. The number of nitrogen functional groups attached to an aromatic ring is 1.